The maximum absolute atomic E-state index is 11.4. The van der Waals surface area contributed by atoms with E-state index in [0.717, 1.165) is 123 Å². The zero-order chi connectivity index (χ0) is 59.2. The molecule has 0 fully saturated rings. The molecule has 0 heterocycles. The third kappa shape index (κ3) is 16.5. The first-order chi connectivity index (χ1) is 39.2. The van der Waals surface area contributed by atoms with Gasteiger partial charge in [-0.25, -0.2) is 0 Å². The molecule has 3 heteroatoms. The van der Waals surface area contributed by atoms with Crippen LogP contribution in [0, 0.1) is 20.8 Å². The Morgan fingerprint density at radius 2 is 0.704 bits per heavy atom. The van der Waals surface area contributed by atoms with E-state index in [4.69, 9.17) is 4.74 Å². The van der Waals surface area contributed by atoms with Crippen LogP contribution in [0.25, 0.3) is 44.5 Å². The third-order valence-electron chi connectivity index (χ3n) is 16.5. The Morgan fingerprint density at radius 1 is 0.296 bits per heavy atom. The van der Waals surface area contributed by atoms with Gasteiger partial charge in [-0.15, -0.1) is 0 Å². The number of hydrogen-bond donors (Lipinski definition) is 0. The molecule has 0 aliphatic rings. The van der Waals surface area contributed by atoms with Crippen LogP contribution in [0.1, 0.15) is 187 Å². The lowest BCUT2D eigenvalue weighted by Gasteiger charge is -2.14. The van der Waals surface area contributed by atoms with E-state index in [0.29, 0.717) is 0 Å². The number of carbonyl (C=O) groups excluding carboxylic acids is 2. The maximum Gasteiger partial charge on any atom is 0.150 e. The van der Waals surface area contributed by atoms with Crippen LogP contribution in [0.15, 0.2) is 133 Å². The van der Waals surface area contributed by atoms with Crippen LogP contribution in [0.2, 0.25) is 0 Å². The van der Waals surface area contributed by atoms with Crippen molar-refractivity contribution in [2.75, 3.05) is 7.11 Å². The maximum atomic E-state index is 11.4. The summed E-state index contributed by atoms with van der Waals surface area (Å²) < 4.78 is 5.49. The van der Waals surface area contributed by atoms with Crippen molar-refractivity contribution in [1.82, 2.24) is 0 Å². The van der Waals surface area contributed by atoms with Crippen molar-refractivity contribution >= 4 is 12.6 Å². The van der Waals surface area contributed by atoms with E-state index in [1.54, 1.807) is 7.11 Å². The molecule has 0 atom stereocenters. The van der Waals surface area contributed by atoms with E-state index in [-0.39, 0.29) is 0 Å². The Hall–Kier alpha value is -7.10. The average Bonchev–Trinajstić information content (AvgIpc) is 3.67. The molecule has 81 heavy (non-hydrogen) atoms. The number of aldehydes is 2. The number of rotatable bonds is 19. The lowest BCUT2D eigenvalue weighted by Crippen LogP contribution is -1.99. The molecule has 3 nitrogen and oxygen atoms in total. The number of methoxy groups -OCH3 is 1. The molecule has 0 saturated heterocycles. The highest BCUT2D eigenvalue weighted by Crippen LogP contribution is 2.33. The van der Waals surface area contributed by atoms with Crippen molar-refractivity contribution in [2.24, 2.45) is 0 Å². The summed E-state index contributed by atoms with van der Waals surface area (Å²) in [4.78, 5) is 22.8. The van der Waals surface area contributed by atoms with Crippen molar-refractivity contribution in [3.8, 4) is 50.3 Å². The van der Waals surface area contributed by atoms with Gasteiger partial charge in [-0.1, -0.05) is 198 Å². The molecule has 8 rings (SSSR count). The SMILES string of the molecule is CCc1ccc(-c2cc(C)c(CC)c(C)c2)cc1CC.CCc1ccc(-c2cc(C=O)c(CC)c(CC)c2)cc1OC.CCc1ccc(-c2ccc(CC)c(CC)c2)cc1C.CCc1ccc(-c2ccc(CC)cc2CC)c(C=O)c1. The van der Waals surface area contributed by atoms with Crippen LogP contribution in [-0.4, -0.2) is 19.7 Å². The lowest BCUT2D eigenvalue weighted by molar-refractivity contribution is 0.111. The van der Waals surface area contributed by atoms with Crippen LogP contribution in [-0.2, 0) is 77.0 Å². The topological polar surface area (TPSA) is 43.4 Å². The molecular formula is C78H96O3. The fraction of sp³-hybridized carbons (Fsp3) is 0.359. The first-order valence-electron chi connectivity index (χ1n) is 30.6. The van der Waals surface area contributed by atoms with Crippen molar-refractivity contribution in [2.45, 2.75) is 181 Å². The van der Waals surface area contributed by atoms with Gasteiger partial charge in [0.1, 0.15) is 12.0 Å². The molecule has 0 amide bonds. The van der Waals surface area contributed by atoms with E-state index < -0.39 is 0 Å². The number of ether oxygens (including phenoxy) is 1. The van der Waals surface area contributed by atoms with Gasteiger partial charge in [-0.2, -0.15) is 0 Å². The Balaban J connectivity index is 0.000000198. The summed E-state index contributed by atoms with van der Waals surface area (Å²) in [7, 11) is 1.70. The van der Waals surface area contributed by atoms with Crippen LogP contribution in [0.4, 0.5) is 0 Å². The number of carbonyl (C=O) groups is 2. The average molecular weight is 1080 g/mol. The predicted octanol–water partition coefficient (Wildman–Crippen LogP) is 20.7. The zero-order valence-electron chi connectivity index (χ0n) is 52.6. The van der Waals surface area contributed by atoms with Crippen molar-refractivity contribution in [3.63, 3.8) is 0 Å². The van der Waals surface area contributed by atoms with E-state index in [2.05, 4.69) is 225 Å². The van der Waals surface area contributed by atoms with E-state index in [1.165, 1.54) is 111 Å². The predicted molar refractivity (Wildman–Crippen MR) is 352 cm³/mol. The van der Waals surface area contributed by atoms with Crippen LogP contribution in [0.5, 0.6) is 5.75 Å². The molecule has 8 aromatic rings. The normalized spacial score (nSPS) is 10.7. The fourth-order valence-corrected chi connectivity index (χ4v) is 11.5. The summed E-state index contributed by atoms with van der Waals surface area (Å²) >= 11 is 0. The van der Waals surface area contributed by atoms with E-state index >= 15 is 0 Å². The van der Waals surface area contributed by atoms with E-state index in [1.807, 2.05) is 12.1 Å². The van der Waals surface area contributed by atoms with Gasteiger partial charge in [0.15, 0.2) is 6.29 Å². The summed E-state index contributed by atoms with van der Waals surface area (Å²) in [6, 6.07) is 48.6. The summed E-state index contributed by atoms with van der Waals surface area (Å²) in [5.74, 6) is 0.908. The second-order valence-corrected chi connectivity index (χ2v) is 21.3. The summed E-state index contributed by atoms with van der Waals surface area (Å²) in [6.45, 7) is 32.9. The Bertz CT molecular complexity index is 3320. The molecule has 0 aliphatic heterocycles. The molecule has 0 N–H and O–H groups in total. The molecule has 0 radical (unpaired) electrons. The number of aryl methyl sites for hydroxylation is 13. The molecule has 8 aromatic carbocycles. The number of hydrogen-bond acceptors (Lipinski definition) is 3. The van der Waals surface area contributed by atoms with Gasteiger partial charge in [0.05, 0.1) is 7.11 Å². The van der Waals surface area contributed by atoms with Gasteiger partial charge >= 0.3 is 0 Å². The van der Waals surface area contributed by atoms with Crippen molar-refractivity contribution in [1.29, 1.82) is 0 Å². The minimum Gasteiger partial charge on any atom is -0.496 e. The summed E-state index contributed by atoms with van der Waals surface area (Å²) in [5.41, 5.74) is 32.0. The molecule has 0 aliphatic carbocycles. The zero-order valence-corrected chi connectivity index (χ0v) is 52.6. The third-order valence-corrected chi connectivity index (χ3v) is 16.5. The molecule has 0 aromatic heterocycles. The molecule has 0 spiro atoms. The van der Waals surface area contributed by atoms with Crippen LogP contribution < -0.4 is 4.74 Å². The second kappa shape index (κ2) is 32.4. The Labute approximate surface area is 490 Å². The smallest absolute Gasteiger partial charge is 0.150 e. The molecular weight excluding hydrogens is 985 g/mol. The fourth-order valence-electron chi connectivity index (χ4n) is 11.5. The monoisotopic (exact) mass is 1080 g/mol. The van der Waals surface area contributed by atoms with Gasteiger partial charge in [0.2, 0.25) is 0 Å². The minimum atomic E-state index is 0.795. The Morgan fingerprint density at radius 3 is 1.16 bits per heavy atom. The van der Waals surface area contributed by atoms with E-state index in [9.17, 15) is 9.59 Å². The molecule has 426 valence electrons. The lowest BCUT2D eigenvalue weighted by atomic mass is 9.91. The van der Waals surface area contributed by atoms with Crippen LogP contribution >= 0.6 is 0 Å². The van der Waals surface area contributed by atoms with Gasteiger partial charge in [-0.3, -0.25) is 9.59 Å². The van der Waals surface area contributed by atoms with Crippen molar-refractivity contribution < 1.29 is 14.3 Å². The van der Waals surface area contributed by atoms with Gasteiger partial charge < -0.3 is 4.74 Å². The standard InChI is InChI=1S/C20H24O2.C20H26.C19H22O.C19H24/c1-5-14-8-9-16(12-20(14)22-4)17-10-15(6-2)19(7-3)18(11-17)13-21;1-6-16-9-10-18(13-17(16)7-2)19-11-14(4)20(8-3)15(5)12-19;1-4-14-7-9-18(16(6-3)11-14)19-10-8-15(5-2)12-17(19)13-20;1-5-15-8-10-18(12-14(15)4)19-11-9-16(6-2)17(7-3)13-19/h8-13H,5-7H2,1-4H3;9-13H,6-8H2,1-5H3;7-13H,4-6H2,1-3H3;8-13H,5-7H2,1-4H3. The largest absolute Gasteiger partial charge is 0.496 e. The first-order valence-corrected chi connectivity index (χ1v) is 30.6. The van der Waals surface area contributed by atoms with Crippen molar-refractivity contribution in [3.05, 3.63) is 228 Å². The van der Waals surface area contributed by atoms with Gasteiger partial charge in [-0.05, 0) is 244 Å². The van der Waals surface area contributed by atoms with Crippen LogP contribution in [0.3, 0.4) is 0 Å². The number of benzene rings is 8. The van der Waals surface area contributed by atoms with Gasteiger partial charge in [0, 0.05) is 11.1 Å². The minimum absolute atomic E-state index is 0.795. The second-order valence-electron chi connectivity index (χ2n) is 21.3. The first kappa shape index (κ1) is 64.7. The highest BCUT2D eigenvalue weighted by Gasteiger charge is 2.14. The molecule has 0 saturated carbocycles. The van der Waals surface area contributed by atoms with Gasteiger partial charge in [0.25, 0.3) is 0 Å². The highest BCUT2D eigenvalue weighted by atomic mass is 16.5. The summed E-state index contributed by atoms with van der Waals surface area (Å²) in [5, 5.41) is 0. The molecule has 0 unspecified atom stereocenters. The summed E-state index contributed by atoms with van der Waals surface area (Å²) in [6.07, 6.45) is 14.4. The highest BCUT2D eigenvalue weighted by molar-refractivity contribution is 5.89. The quantitative estimate of drug-likeness (QED) is 0.0758. The Kier molecular flexibility index (Phi) is 25.9. The molecule has 0 bridgehead atoms.